The molecule has 0 aromatic heterocycles. The van der Waals surface area contributed by atoms with Gasteiger partial charge in [0.05, 0.1) is 12.0 Å². The van der Waals surface area contributed by atoms with Gasteiger partial charge in [0.2, 0.25) is 5.91 Å². The summed E-state index contributed by atoms with van der Waals surface area (Å²) in [7, 11) is 0. The van der Waals surface area contributed by atoms with Crippen molar-refractivity contribution in [2.75, 3.05) is 36.0 Å². The summed E-state index contributed by atoms with van der Waals surface area (Å²) < 4.78 is 13.4. The van der Waals surface area contributed by atoms with Crippen LogP contribution in [0.5, 0.6) is 0 Å². The minimum Gasteiger partial charge on any atom is -0.368 e. The standard InChI is InChI=1S/C24H30FN3O/c1-17(2)11-12-26-24(29)21-15-18-5-3-4-6-22(18)28-14-13-27(16-23(21)28)20-9-7-19(25)8-10-20/h3-10,17,21,23H,11-16H2,1-2H3,(H,26,29)/t21-,23-/m1/s1. The molecule has 0 radical (unpaired) electrons. The van der Waals surface area contributed by atoms with E-state index < -0.39 is 0 Å². The van der Waals surface area contributed by atoms with E-state index in [9.17, 15) is 9.18 Å². The van der Waals surface area contributed by atoms with Gasteiger partial charge in [-0.25, -0.2) is 4.39 Å². The summed E-state index contributed by atoms with van der Waals surface area (Å²) in [5, 5.41) is 3.18. The maximum atomic E-state index is 13.4. The predicted octanol–water partition coefficient (Wildman–Crippen LogP) is 3.86. The zero-order valence-electron chi connectivity index (χ0n) is 17.3. The smallest absolute Gasteiger partial charge is 0.225 e. The molecule has 2 atom stereocenters. The van der Waals surface area contributed by atoms with Gasteiger partial charge >= 0.3 is 0 Å². The maximum absolute atomic E-state index is 13.4. The fraction of sp³-hybridized carbons (Fsp3) is 0.458. The van der Waals surface area contributed by atoms with E-state index in [1.54, 1.807) is 0 Å². The number of rotatable bonds is 5. The van der Waals surface area contributed by atoms with Gasteiger partial charge in [0.25, 0.3) is 0 Å². The summed E-state index contributed by atoms with van der Waals surface area (Å²) in [5.41, 5.74) is 3.52. The first-order chi connectivity index (χ1) is 14.0. The highest BCUT2D eigenvalue weighted by Crippen LogP contribution is 2.36. The topological polar surface area (TPSA) is 35.6 Å². The predicted molar refractivity (Wildman–Crippen MR) is 116 cm³/mol. The fourth-order valence-electron chi connectivity index (χ4n) is 4.56. The van der Waals surface area contributed by atoms with E-state index in [1.165, 1.54) is 23.4 Å². The minimum absolute atomic E-state index is 0.0830. The summed E-state index contributed by atoms with van der Waals surface area (Å²) in [5.74, 6) is 0.417. The van der Waals surface area contributed by atoms with Crippen molar-refractivity contribution in [2.45, 2.75) is 32.7 Å². The van der Waals surface area contributed by atoms with Gasteiger partial charge in [0.1, 0.15) is 5.82 Å². The molecule has 1 N–H and O–H groups in total. The first-order valence-electron chi connectivity index (χ1n) is 10.7. The molecule has 4 rings (SSSR count). The summed E-state index contributed by atoms with van der Waals surface area (Å²) in [6, 6.07) is 15.2. The van der Waals surface area contributed by atoms with Crippen molar-refractivity contribution in [1.82, 2.24) is 5.32 Å². The minimum atomic E-state index is -0.221. The lowest BCUT2D eigenvalue weighted by Gasteiger charge is -2.49. The number of anilines is 2. The maximum Gasteiger partial charge on any atom is 0.225 e. The van der Waals surface area contributed by atoms with E-state index in [-0.39, 0.29) is 23.7 Å². The Morgan fingerprint density at radius 2 is 1.90 bits per heavy atom. The number of hydrogen-bond donors (Lipinski definition) is 1. The first-order valence-corrected chi connectivity index (χ1v) is 10.7. The zero-order chi connectivity index (χ0) is 20.4. The number of hydrogen-bond acceptors (Lipinski definition) is 3. The second-order valence-electron chi connectivity index (χ2n) is 8.60. The molecule has 2 aromatic rings. The van der Waals surface area contributed by atoms with E-state index >= 15 is 0 Å². The van der Waals surface area contributed by atoms with Gasteiger partial charge in [0.15, 0.2) is 0 Å². The highest BCUT2D eigenvalue weighted by molar-refractivity contribution is 5.82. The molecular weight excluding hydrogens is 365 g/mol. The molecule has 0 saturated carbocycles. The molecule has 2 aliphatic heterocycles. The van der Waals surface area contributed by atoms with Crippen LogP contribution in [0.1, 0.15) is 25.8 Å². The number of carbonyl (C=O) groups is 1. The molecule has 0 aliphatic carbocycles. The van der Waals surface area contributed by atoms with Crippen molar-refractivity contribution in [3.05, 3.63) is 59.9 Å². The Balaban J connectivity index is 1.57. The number of nitrogens with zero attached hydrogens (tertiary/aromatic N) is 2. The van der Waals surface area contributed by atoms with Crippen LogP contribution in [0, 0.1) is 17.7 Å². The van der Waals surface area contributed by atoms with Crippen LogP contribution in [0.25, 0.3) is 0 Å². The van der Waals surface area contributed by atoms with Crippen LogP contribution >= 0.6 is 0 Å². The third-order valence-electron chi connectivity index (χ3n) is 6.17. The summed E-state index contributed by atoms with van der Waals surface area (Å²) in [6.45, 7) is 7.55. The second-order valence-corrected chi connectivity index (χ2v) is 8.60. The van der Waals surface area contributed by atoms with E-state index in [0.717, 1.165) is 44.7 Å². The Morgan fingerprint density at radius 3 is 2.66 bits per heavy atom. The van der Waals surface area contributed by atoms with Crippen molar-refractivity contribution >= 4 is 17.3 Å². The fourth-order valence-corrected chi connectivity index (χ4v) is 4.56. The number of nitrogens with one attached hydrogen (secondary N) is 1. The molecule has 2 aromatic carbocycles. The number of carbonyl (C=O) groups excluding carboxylic acids is 1. The Bertz CT molecular complexity index is 851. The molecule has 154 valence electrons. The molecule has 1 fully saturated rings. The van der Waals surface area contributed by atoms with Gasteiger partial charge in [0, 0.05) is 37.6 Å². The highest BCUT2D eigenvalue weighted by atomic mass is 19.1. The van der Waals surface area contributed by atoms with Crippen LogP contribution in [0.15, 0.2) is 48.5 Å². The van der Waals surface area contributed by atoms with Crippen LogP contribution in [-0.2, 0) is 11.2 Å². The van der Waals surface area contributed by atoms with Gasteiger partial charge in [-0.15, -0.1) is 0 Å². The lowest BCUT2D eigenvalue weighted by atomic mass is 9.83. The van der Waals surface area contributed by atoms with Crippen molar-refractivity contribution in [3.8, 4) is 0 Å². The van der Waals surface area contributed by atoms with Gasteiger partial charge in [-0.05, 0) is 54.7 Å². The van der Waals surface area contributed by atoms with Crippen LogP contribution in [0.4, 0.5) is 15.8 Å². The average Bonchev–Trinajstić information content (AvgIpc) is 2.73. The normalized spacial score (nSPS) is 21.0. The molecule has 0 bridgehead atoms. The Kier molecular flexibility index (Phi) is 5.74. The first kappa shape index (κ1) is 19.7. The van der Waals surface area contributed by atoms with Crippen molar-refractivity contribution < 1.29 is 9.18 Å². The SMILES string of the molecule is CC(C)CCNC(=O)[C@@H]1Cc2ccccc2N2CCN(c3ccc(F)cc3)C[C@H]12. The summed E-state index contributed by atoms with van der Waals surface area (Å²) >= 11 is 0. The van der Waals surface area contributed by atoms with E-state index in [0.29, 0.717) is 5.92 Å². The van der Waals surface area contributed by atoms with Gasteiger partial charge in [-0.3, -0.25) is 4.79 Å². The lowest BCUT2D eigenvalue weighted by molar-refractivity contribution is -0.125. The number of halogens is 1. The summed E-state index contributed by atoms with van der Waals surface area (Å²) in [6.07, 6.45) is 1.76. The van der Waals surface area contributed by atoms with E-state index in [2.05, 4.69) is 53.2 Å². The van der Waals surface area contributed by atoms with Crippen LogP contribution in [-0.4, -0.2) is 38.1 Å². The second kappa shape index (κ2) is 8.44. The number of piperazine rings is 1. The molecule has 0 spiro atoms. The number of amides is 1. The van der Waals surface area contributed by atoms with E-state index in [4.69, 9.17) is 0 Å². The Labute approximate surface area is 172 Å². The monoisotopic (exact) mass is 395 g/mol. The van der Waals surface area contributed by atoms with Crippen LogP contribution in [0.2, 0.25) is 0 Å². The molecule has 1 saturated heterocycles. The van der Waals surface area contributed by atoms with E-state index in [1.807, 2.05) is 12.1 Å². The van der Waals surface area contributed by atoms with Gasteiger partial charge in [-0.1, -0.05) is 32.0 Å². The third kappa shape index (κ3) is 4.24. The van der Waals surface area contributed by atoms with Crippen molar-refractivity contribution in [3.63, 3.8) is 0 Å². The quantitative estimate of drug-likeness (QED) is 0.835. The van der Waals surface area contributed by atoms with Gasteiger partial charge < -0.3 is 15.1 Å². The third-order valence-corrected chi connectivity index (χ3v) is 6.17. The van der Waals surface area contributed by atoms with Crippen molar-refractivity contribution in [1.29, 1.82) is 0 Å². The summed E-state index contributed by atoms with van der Waals surface area (Å²) in [4.78, 5) is 17.8. The molecule has 0 unspecified atom stereocenters. The molecule has 4 nitrogen and oxygen atoms in total. The highest BCUT2D eigenvalue weighted by Gasteiger charge is 2.41. The molecule has 2 heterocycles. The molecule has 2 aliphatic rings. The average molecular weight is 396 g/mol. The Hall–Kier alpha value is -2.56. The largest absolute Gasteiger partial charge is 0.368 e. The zero-order valence-corrected chi connectivity index (χ0v) is 17.3. The lowest BCUT2D eigenvalue weighted by Crippen LogP contribution is -2.61. The molecule has 29 heavy (non-hydrogen) atoms. The van der Waals surface area contributed by atoms with Crippen LogP contribution < -0.4 is 15.1 Å². The van der Waals surface area contributed by atoms with Gasteiger partial charge in [-0.2, -0.15) is 0 Å². The molecular formula is C24H30FN3O. The van der Waals surface area contributed by atoms with Crippen LogP contribution in [0.3, 0.4) is 0 Å². The molecule has 1 amide bonds. The number of para-hydroxylation sites is 1. The Morgan fingerprint density at radius 1 is 1.14 bits per heavy atom. The van der Waals surface area contributed by atoms with Crippen molar-refractivity contribution in [2.24, 2.45) is 11.8 Å². The molecule has 5 heteroatoms. The number of fused-ring (bicyclic) bond motifs is 3. The number of benzene rings is 2.